The van der Waals surface area contributed by atoms with Crippen LogP contribution in [0.4, 0.5) is 0 Å². The molecule has 27 heavy (non-hydrogen) atoms. The van der Waals surface area contributed by atoms with Gasteiger partial charge in [0.15, 0.2) is 0 Å². The number of benzene rings is 1. The Morgan fingerprint density at radius 1 is 1.07 bits per heavy atom. The van der Waals surface area contributed by atoms with Crippen molar-refractivity contribution in [3.05, 3.63) is 46.4 Å². The maximum Gasteiger partial charge on any atom is 0.115 e. The van der Waals surface area contributed by atoms with Crippen molar-refractivity contribution in [2.75, 3.05) is 6.54 Å². The van der Waals surface area contributed by atoms with Crippen molar-refractivity contribution in [1.29, 1.82) is 0 Å². The molecule has 0 bridgehead atoms. The second kappa shape index (κ2) is 10.1. The molecule has 2 aliphatic rings. The van der Waals surface area contributed by atoms with Gasteiger partial charge in [-0.3, -0.25) is 0 Å². The summed E-state index contributed by atoms with van der Waals surface area (Å²) in [6, 6.07) is 7.36. The molecule has 0 saturated heterocycles. The molecule has 1 unspecified atom stereocenters. The minimum absolute atomic E-state index is 0.200. The van der Waals surface area contributed by atoms with Crippen LogP contribution >= 0.6 is 0 Å². The first-order chi connectivity index (χ1) is 13.2. The summed E-state index contributed by atoms with van der Waals surface area (Å²) in [5.74, 6) is 2.63. The van der Waals surface area contributed by atoms with E-state index in [0.717, 1.165) is 17.4 Å². The molecule has 0 spiro atoms. The third-order valence-corrected chi connectivity index (χ3v) is 6.92. The summed E-state index contributed by atoms with van der Waals surface area (Å²) in [4.78, 5) is 11.0. The molecule has 148 valence electrons. The Balaban J connectivity index is 1.57. The average molecular weight is 370 g/mol. The van der Waals surface area contributed by atoms with E-state index < -0.39 is 0 Å². The van der Waals surface area contributed by atoms with Gasteiger partial charge in [0.05, 0.1) is 6.54 Å². The number of phenolic OH excluding ortho intramolecular Hbond substituents is 1. The van der Waals surface area contributed by atoms with E-state index in [9.17, 15) is 10.0 Å². The summed E-state index contributed by atoms with van der Waals surface area (Å²) in [6.45, 7) is 2.67. The highest BCUT2D eigenvalue weighted by molar-refractivity contribution is 5.29. The van der Waals surface area contributed by atoms with Crippen molar-refractivity contribution >= 4 is 0 Å². The number of aromatic hydroxyl groups is 1. The van der Waals surface area contributed by atoms with Gasteiger partial charge in [-0.1, -0.05) is 42.3 Å². The number of allylic oxidation sites excluding steroid dienone is 2. The van der Waals surface area contributed by atoms with E-state index in [1.165, 1.54) is 64.2 Å². The molecule has 3 heteroatoms. The Bertz CT molecular complexity index is 614. The van der Waals surface area contributed by atoms with Gasteiger partial charge in [0.1, 0.15) is 5.75 Å². The van der Waals surface area contributed by atoms with Crippen molar-refractivity contribution in [2.24, 2.45) is 22.9 Å². The molecular weight excluding hydrogens is 334 g/mol. The first-order valence-corrected chi connectivity index (χ1v) is 11.0. The van der Waals surface area contributed by atoms with Crippen LogP contribution in [0.3, 0.4) is 0 Å². The van der Waals surface area contributed by atoms with Gasteiger partial charge in [0, 0.05) is 5.92 Å². The molecule has 0 radical (unpaired) electrons. The van der Waals surface area contributed by atoms with Gasteiger partial charge in [-0.05, 0) is 93.2 Å². The van der Waals surface area contributed by atoms with Gasteiger partial charge in [0.25, 0.3) is 0 Å². The molecule has 0 amide bonds. The fraction of sp³-hybridized carbons (Fsp3) is 0.667. The molecule has 1 aromatic carbocycles. The zero-order valence-corrected chi connectivity index (χ0v) is 16.8. The van der Waals surface area contributed by atoms with Gasteiger partial charge in [-0.2, -0.15) is 4.91 Å². The summed E-state index contributed by atoms with van der Waals surface area (Å²) < 4.78 is 0. The summed E-state index contributed by atoms with van der Waals surface area (Å²) in [5.41, 5.74) is 2.86. The van der Waals surface area contributed by atoms with E-state index in [1.807, 2.05) is 12.1 Å². The lowest BCUT2D eigenvalue weighted by molar-refractivity contribution is 0.242. The van der Waals surface area contributed by atoms with Crippen LogP contribution in [0.2, 0.25) is 0 Å². The van der Waals surface area contributed by atoms with Crippen LogP contribution in [-0.2, 0) is 0 Å². The van der Waals surface area contributed by atoms with Crippen molar-refractivity contribution in [3.63, 3.8) is 0 Å². The maximum absolute atomic E-state index is 11.0. The molecule has 2 atom stereocenters. The van der Waals surface area contributed by atoms with Crippen LogP contribution in [0.15, 0.2) is 41.1 Å². The molecule has 2 aliphatic carbocycles. The highest BCUT2D eigenvalue weighted by Crippen LogP contribution is 2.41. The Morgan fingerprint density at radius 2 is 1.81 bits per heavy atom. The zero-order valence-electron chi connectivity index (χ0n) is 16.8. The molecular formula is C24H35NO2. The predicted molar refractivity (Wildman–Crippen MR) is 112 cm³/mol. The largest absolute Gasteiger partial charge is 0.508 e. The fourth-order valence-corrected chi connectivity index (χ4v) is 5.24. The second-order valence-electron chi connectivity index (χ2n) is 8.73. The number of hydrogen-bond donors (Lipinski definition) is 1. The normalized spacial score (nSPS) is 27.4. The van der Waals surface area contributed by atoms with Gasteiger partial charge in [-0.15, -0.1) is 0 Å². The first-order valence-electron chi connectivity index (χ1n) is 11.0. The van der Waals surface area contributed by atoms with E-state index in [4.69, 9.17) is 0 Å². The van der Waals surface area contributed by atoms with Gasteiger partial charge >= 0.3 is 0 Å². The molecule has 0 heterocycles. The number of nitrogens with zero attached hydrogens (tertiary/aromatic N) is 1. The van der Waals surface area contributed by atoms with Gasteiger partial charge in [0.2, 0.25) is 0 Å². The van der Waals surface area contributed by atoms with E-state index in [0.29, 0.717) is 12.5 Å². The van der Waals surface area contributed by atoms with E-state index in [-0.39, 0.29) is 11.7 Å². The predicted octanol–water partition coefficient (Wildman–Crippen LogP) is 6.97. The summed E-state index contributed by atoms with van der Waals surface area (Å²) >= 11 is 0. The standard InChI is InChI=1S/C24H35NO2/c1-2-18-5-3-4-6-20(15-18)16-19-7-9-21(10-8-19)24(17-25-27)22-11-13-23(26)14-12-22/h11-15,18-19,21,24,26H,2-10,16-17H2,1H3/t18-,19?,21?,24?/m0/s1. The van der Waals surface area contributed by atoms with Crippen LogP contribution in [-0.4, -0.2) is 11.7 Å². The molecule has 1 fully saturated rings. The number of hydrogen-bond acceptors (Lipinski definition) is 3. The highest BCUT2D eigenvalue weighted by Gasteiger charge is 2.29. The SMILES string of the molecule is CC[C@@H]1C=C(CC2CCC(C(CN=O)c3ccc(O)cc3)CC2)CCCC1. The Kier molecular flexibility index (Phi) is 7.49. The van der Waals surface area contributed by atoms with Crippen molar-refractivity contribution in [3.8, 4) is 5.75 Å². The lowest BCUT2D eigenvalue weighted by Crippen LogP contribution is -2.22. The lowest BCUT2D eigenvalue weighted by atomic mass is 9.72. The van der Waals surface area contributed by atoms with Crippen LogP contribution in [0, 0.1) is 22.7 Å². The Labute approximate surface area is 164 Å². The third kappa shape index (κ3) is 5.67. The topological polar surface area (TPSA) is 49.7 Å². The van der Waals surface area contributed by atoms with Crippen molar-refractivity contribution in [1.82, 2.24) is 0 Å². The van der Waals surface area contributed by atoms with Gasteiger partial charge in [-0.25, -0.2) is 0 Å². The molecule has 3 nitrogen and oxygen atoms in total. The first kappa shape index (κ1) is 20.1. The highest BCUT2D eigenvalue weighted by atomic mass is 16.3. The Morgan fingerprint density at radius 3 is 2.48 bits per heavy atom. The van der Waals surface area contributed by atoms with Gasteiger partial charge < -0.3 is 5.11 Å². The summed E-state index contributed by atoms with van der Waals surface area (Å²) in [5, 5.41) is 12.8. The minimum Gasteiger partial charge on any atom is -0.508 e. The van der Waals surface area contributed by atoms with Crippen LogP contribution in [0.5, 0.6) is 5.75 Å². The minimum atomic E-state index is 0.200. The summed E-state index contributed by atoms with van der Waals surface area (Å²) in [7, 11) is 0. The lowest BCUT2D eigenvalue weighted by Gasteiger charge is -2.33. The van der Waals surface area contributed by atoms with E-state index in [2.05, 4.69) is 18.2 Å². The van der Waals surface area contributed by atoms with Crippen molar-refractivity contribution in [2.45, 2.75) is 77.0 Å². The monoisotopic (exact) mass is 369 g/mol. The summed E-state index contributed by atoms with van der Waals surface area (Å²) in [6.07, 6.45) is 15.5. The number of nitroso groups, excluding NO2 is 1. The van der Waals surface area contributed by atoms with Crippen LogP contribution in [0.25, 0.3) is 0 Å². The quantitative estimate of drug-likeness (QED) is 0.417. The van der Waals surface area contributed by atoms with Crippen LogP contribution in [0.1, 0.15) is 82.6 Å². The fourth-order valence-electron chi connectivity index (χ4n) is 5.24. The molecule has 0 aliphatic heterocycles. The molecule has 3 rings (SSSR count). The Hall–Kier alpha value is -1.64. The van der Waals surface area contributed by atoms with E-state index >= 15 is 0 Å². The molecule has 1 N–H and O–H groups in total. The molecule has 1 saturated carbocycles. The number of rotatable bonds is 7. The van der Waals surface area contributed by atoms with E-state index in [1.54, 1.807) is 17.7 Å². The molecule has 0 aromatic heterocycles. The third-order valence-electron chi connectivity index (χ3n) is 6.92. The zero-order chi connectivity index (χ0) is 19.1. The van der Waals surface area contributed by atoms with Crippen molar-refractivity contribution < 1.29 is 5.11 Å². The number of phenols is 1. The average Bonchev–Trinajstić information content (AvgIpc) is 2.93. The van der Waals surface area contributed by atoms with Crippen LogP contribution < -0.4 is 0 Å². The maximum atomic E-state index is 11.0. The second-order valence-corrected chi connectivity index (χ2v) is 8.73. The molecule has 1 aromatic rings. The smallest absolute Gasteiger partial charge is 0.115 e.